The maximum Gasteiger partial charge on any atom is 0.268 e. The second kappa shape index (κ2) is 15.3. The Labute approximate surface area is 245 Å². The monoisotopic (exact) mass is 592 g/mol. The van der Waals surface area contributed by atoms with E-state index in [-0.39, 0.29) is 28.4 Å². The Balaban J connectivity index is 1.30. The SMILES string of the molecule is C=C(O)c1cn(CC)c2ccc(CCOCCCCCNCCS(=O)(=O)OC3C(C)CCCC3(C)OC)cc2c1=O. The molecule has 2 N–H and O–H groups in total. The number of hydrogen-bond donors (Lipinski definition) is 2. The van der Waals surface area contributed by atoms with Gasteiger partial charge in [0, 0.05) is 38.4 Å². The first-order chi connectivity index (χ1) is 19.5. The van der Waals surface area contributed by atoms with Crippen molar-refractivity contribution < 1.29 is 27.2 Å². The van der Waals surface area contributed by atoms with E-state index in [2.05, 4.69) is 11.9 Å². The molecule has 1 aliphatic carbocycles. The predicted octanol–water partition coefficient (Wildman–Crippen LogP) is 4.81. The summed E-state index contributed by atoms with van der Waals surface area (Å²) in [6.45, 7) is 12.4. The lowest BCUT2D eigenvalue weighted by Crippen LogP contribution is -2.50. The fourth-order valence-corrected chi connectivity index (χ4v) is 6.80. The van der Waals surface area contributed by atoms with Gasteiger partial charge in [-0.05, 0) is 82.5 Å². The van der Waals surface area contributed by atoms with Crippen LogP contribution in [0.4, 0.5) is 0 Å². The van der Waals surface area contributed by atoms with Gasteiger partial charge >= 0.3 is 0 Å². The van der Waals surface area contributed by atoms with E-state index in [1.807, 2.05) is 43.5 Å². The second-order valence-electron chi connectivity index (χ2n) is 11.3. The summed E-state index contributed by atoms with van der Waals surface area (Å²) in [5, 5.41) is 13.6. The molecule has 0 aliphatic heterocycles. The van der Waals surface area contributed by atoms with Crippen LogP contribution in [0.15, 0.2) is 35.8 Å². The van der Waals surface area contributed by atoms with Crippen molar-refractivity contribution >= 4 is 26.8 Å². The molecule has 1 aromatic heterocycles. The van der Waals surface area contributed by atoms with E-state index in [1.54, 1.807) is 13.3 Å². The minimum Gasteiger partial charge on any atom is -0.508 e. The molecule has 0 bridgehead atoms. The zero-order valence-electron chi connectivity index (χ0n) is 25.1. The van der Waals surface area contributed by atoms with Crippen LogP contribution in [0.1, 0.15) is 70.4 Å². The Morgan fingerprint density at radius 3 is 2.71 bits per heavy atom. The summed E-state index contributed by atoms with van der Waals surface area (Å²) < 4.78 is 44.1. The summed E-state index contributed by atoms with van der Waals surface area (Å²) in [7, 11) is -2.02. The summed E-state index contributed by atoms with van der Waals surface area (Å²) in [4.78, 5) is 12.8. The number of nitrogens with one attached hydrogen (secondary N) is 1. The van der Waals surface area contributed by atoms with Crippen LogP contribution in [0.5, 0.6) is 0 Å². The van der Waals surface area contributed by atoms with E-state index >= 15 is 0 Å². The van der Waals surface area contributed by atoms with Gasteiger partial charge in [-0.1, -0.05) is 26.0 Å². The van der Waals surface area contributed by atoms with Gasteiger partial charge in [0.2, 0.25) is 0 Å². The van der Waals surface area contributed by atoms with E-state index < -0.39 is 21.8 Å². The van der Waals surface area contributed by atoms with Gasteiger partial charge < -0.3 is 24.5 Å². The molecular weight excluding hydrogens is 544 g/mol. The zero-order valence-corrected chi connectivity index (χ0v) is 25.9. The van der Waals surface area contributed by atoms with E-state index in [0.717, 1.165) is 56.1 Å². The molecule has 9 nitrogen and oxygen atoms in total. The van der Waals surface area contributed by atoms with E-state index in [1.165, 1.54) is 0 Å². The molecule has 0 radical (unpaired) electrons. The number of aromatic nitrogens is 1. The fourth-order valence-electron chi connectivity index (χ4n) is 5.60. The molecule has 3 atom stereocenters. The van der Waals surface area contributed by atoms with E-state index in [9.17, 15) is 18.3 Å². The Bertz CT molecular complexity index is 1320. The highest BCUT2D eigenvalue weighted by Gasteiger charge is 2.44. The minimum atomic E-state index is -3.65. The van der Waals surface area contributed by atoms with Crippen molar-refractivity contribution in [2.75, 3.05) is 39.2 Å². The van der Waals surface area contributed by atoms with Crippen LogP contribution < -0.4 is 10.7 Å². The molecule has 2 aromatic rings. The molecule has 0 amide bonds. The highest BCUT2D eigenvalue weighted by atomic mass is 32.2. The maximum absolute atomic E-state index is 12.8. The lowest BCUT2D eigenvalue weighted by molar-refractivity contribution is -0.119. The van der Waals surface area contributed by atoms with Gasteiger partial charge in [0.15, 0.2) is 5.43 Å². The molecule has 41 heavy (non-hydrogen) atoms. The Hall–Kier alpha value is -2.24. The molecule has 1 fully saturated rings. The number of nitrogens with zero attached hydrogens (tertiary/aromatic N) is 1. The number of methoxy groups -OCH3 is 1. The summed E-state index contributed by atoms with van der Waals surface area (Å²) in [6, 6.07) is 5.83. The number of aliphatic hydroxyl groups is 1. The van der Waals surface area contributed by atoms with Crippen molar-refractivity contribution in [2.45, 2.75) is 84.0 Å². The zero-order chi connectivity index (χ0) is 30.0. The molecule has 1 heterocycles. The third-order valence-corrected chi connectivity index (χ3v) is 9.37. The Morgan fingerprint density at radius 1 is 1.22 bits per heavy atom. The molecule has 1 aliphatic rings. The summed E-state index contributed by atoms with van der Waals surface area (Å²) >= 11 is 0. The molecule has 0 spiro atoms. The normalized spacial score (nSPS) is 21.4. The molecule has 1 saturated carbocycles. The van der Waals surface area contributed by atoms with Crippen molar-refractivity contribution in [3.8, 4) is 0 Å². The van der Waals surface area contributed by atoms with Gasteiger partial charge in [-0.25, -0.2) is 0 Å². The average molecular weight is 593 g/mol. The fraction of sp³-hybridized carbons (Fsp3) is 0.645. The molecule has 230 valence electrons. The Kier molecular flexibility index (Phi) is 12.4. The van der Waals surface area contributed by atoms with Gasteiger partial charge in [-0.2, -0.15) is 8.42 Å². The predicted molar refractivity (Wildman–Crippen MR) is 164 cm³/mol. The van der Waals surface area contributed by atoms with Crippen molar-refractivity contribution in [3.05, 3.63) is 52.3 Å². The first kappa shape index (κ1) is 33.3. The first-order valence-corrected chi connectivity index (χ1v) is 16.4. The molecule has 3 unspecified atom stereocenters. The topological polar surface area (TPSA) is 116 Å². The summed E-state index contributed by atoms with van der Waals surface area (Å²) in [5.74, 6) is -0.150. The highest BCUT2D eigenvalue weighted by Crippen LogP contribution is 2.37. The van der Waals surface area contributed by atoms with Crippen LogP contribution in [-0.4, -0.2) is 69.0 Å². The van der Waals surface area contributed by atoms with Gasteiger partial charge in [0.05, 0.1) is 29.0 Å². The van der Waals surface area contributed by atoms with Gasteiger partial charge in [-0.3, -0.25) is 8.98 Å². The molecule has 3 rings (SSSR count). The number of rotatable bonds is 17. The number of ether oxygens (including phenoxy) is 2. The standard InChI is InChI=1S/C31H48N2O7S/c1-6-33-22-27(24(3)34)29(35)26-21-25(12-13-28(26)33)14-19-39-18-9-7-8-16-32-17-20-41(36,37)40-30-23(2)11-10-15-31(30,4)38-5/h12-13,21-23,30,32,34H,3,6-11,14-20H2,1-2,4-5H3. The van der Waals surface area contributed by atoms with Crippen LogP contribution in [0, 0.1) is 5.92 Å². The summed E-state index contributed by atoms with van der Waals surface area (Å²) in [6.07, 6.45) is 7.45. The van der Waals surface area contributed by atoms with Crippen LogP contribution in [-0.2, 0) is 36.7 Å². The molecular formula is C31H48N2O7S. The van der Waals surface area contributed by atoms with Crippen LogP contribution in [0.2, 0.25) is 0 Å². The number of fused-ring (bicyclic) bond motifs is 1. The smallest absolute Gasteiger partial charge is 0.268 e. The number of hydrogen-bond acceptors (Lipinski definition) is 8. The van der Waals surface area contributed by atoms with Gasteiger partial charge in [-0.15, -0.1) is 0 Å². The quantitative estimate of drug-likeness (QED) is 0.153. The first-order valence-electron chi connectivity index (χ1n) is 14.8. The highest BCUT2D eigenvalue weighted by molar-refractivity contribution is 7.86. The van der Waals surface area contributed by atoms with Crippen molar-refractivity contribution in [3.63, 3.8) is 0 Å². The number of aryl methyl sites for hydroxylation is 1. The average Bonchev–Trinajstić information content (AvgIpc) is 2.94. The number of aliphatic hydroxyl groups excluding tert-OH is 1. The van der Waals surface area contributed by atoms with E-state index in [4.69, 9.17) is 13.7 Å². The van der Waals surface area contributed by atoms with Crippen molar-refractivity contribution in [2.24, 2.45) is 5.92 Å². The minimum absolute atomic E-state index is 0.0593. The van der Waals surface area contributed by atoms with Crippen molar-refractivity contribution in [1.29, 1.82) is 0 Å². The second-order valence-corrected chi connectivity index (χ2v) is 13.0. The lowest BCUT2D eigenvalue weighted by Gasteiger charge is -2.42. The Morgan fingerprint density at radius 2 is 2.00 bits per heavy atom. The number of benzene rings is 1. The lowest BCUT2D eigenvalue weighted by atomic mass is 9.77. The molecule has 1 aromatic carbocycles. The number of unbranched alkanes of at least 4 members (excludes halogenated alkanes) is 2. The van der Waals surface area contributed by atoms with Crippen LogP contribution in [0.3, 0.4) is 0 Å². The van der Waals surface area contributed by atoms with E-state index in [0.29, 0.717) is 38.1 Å². The van der Waals surface area contributed by atoms with Gasteiger partial charge in [0.25, 0.3) is 10.1 Å². The van der Waals surface area contributed by atoms with Crippen molar-refractivity contribution in [1.82, 2.24) is 9.88 Å². The third-order valence-electron chi connectivity index (χ3n) is 8.17. The van der Waals surface area contributed by atoms with Crippen LogP contribution in [0.25, 0.3) is 16.7 Å². The number of pyridine rings is 1. The maximum atomic E-state index is 12.8. The summed E-state index contributed by atoms with van der Waals surface area (Å²) in [5.41, 5.74) is 1.27. The van der Waals surface area contributed by atoms with Gasteiger partial charge in [0.1, 0.15) is 11.9 Å². The largest absolute Gasteiger partial charge is 0.508 e. The molecule has 10 heteroatoms. The third kappa shape index (κ3) is 9.12. The molecule has 0 saturated heterocycles. The van der Waals surface area contributed by atoms with Crippen LogP contribution >= 0.6 is 0 Å².